The second-order valence-corrected chi connectivity index (χ2v) is 12.2. The number of carboxylic acids is 1. The molecule has 1 aliphatic rings. The van der Waals surface area contributed by atoms with Gasteiger partial charge in [-0.2, -0.15) is 0 Å². The minimum absolute atomic E-state index is 0.110. The third-order valence-electron chi connectivity index (χ3n) is 8.41. The van der Waals surface area contributed by atoms with E-state index in [0.717, 1.165) is 42.1 Å². The SMILES string of the molecule is CCCCCCCCCCCCCC(=O)N1C=CN(OCCC)C1(C(=O)O)C(=O)CCCCCCCCCCCCC. The van der Waals surface area contributed by atoms with Crippen LogP contribution in [-0.4, -0.2) is 45.0 Å². The van der Waals surface area contributed by atoms with Gasteiger partial charge in [0.1, 0.15) is 0 Å². The molecule has 0 spiro atoms. The lowest BCUT2D eigenvalue weighted by atomic mass is 9.96. The van der Waals surface area contributed by atoms with E-state index >= 15 is 0 Å². The lowest BCUT2D eigenvalue weighted by molar-refractivity contribution is -0.221. The molecular weight excluding hydrogens is 528 g/mol. The van der Waals surface area contributed by atoms with Crippen LogP contribution in [0.2, 0.25) is 0 Å². The maximum atomic E-state index is 13.6. The van der Waals surface area contributed by atoms with Crippen LogP contribution in [0, 0.1) is 0 Å². The van der Waals surface area contributed by atoms with Crippen molar-refractivity contribution in [1.29, 1.82) is 0 Å². The van der Waals surface area contributed by atoms with Crippen molar-refractivity contribution in [2.24, 2.45) is 0 Å². The van der Waals surface area contributed by atoms with Crippen molar-refractivity contribution in [1.82, 2.24) is 9.96 Å². The van der Waals surface area contributed by atoms with E-state index in [0.29, 0.717) is 19.3 Å². The van der Waals surface area contributed by atoms with E-state index < -0.39 is 17.4 Å². The topological polar surface area (TPSA) is 87.2 Å². The lowest BCUT2D eigenvalue weighted by Crippen LogP contribution is -2.65. The molecule has 244 valence electrons. The van der Waals surface area contributed by atoms with Gasteiger partial charge in [-0.05, 0) is 19.3 Å². The molecular formula is C35H64N2O5. The Kier molecular flexibility index (Phi) is 22.3. The average Bonchev–Trinajstić information content (AvgIpc) is 3.38. The molecule has 0 aromatic carbocycles. The molecule has 0 saturated heterocycles. The number of unbranched alkanes of at least 4 members (excludes halogenated alkanes) is 20. The summed E-state index contributed by atoms with van der Waals surface area (Å²) in [5.74, 6) is -2.18. The van der Waals surface area contributed by atoms with Crippen LogP contribution >= 0.6 is 0 Å². The molecule has 1 heterocycles. The van der Waals surface area contributed by atoms with Gasteiger partial charge < -0.3 is 5.11 Å². The number of Topliss-reactive ketones (excluding diaryl/α,β-unsaturated/α-hetero) is 1. The molecule has 1 unspecified atom stereocenters. The molecule has 0 aromatic heterocycles. The summed E-state index contributed by atoms with van der Waals surface area (Å²) in [6.45, 7) is 6.66. The van der Waals surface area contributed by atoms with E-state index in [-0.39, 0.29) is 25.4 Å². The monoisotopic (exact) mass is 592 g/mol. The highest BCUT2D eigenvalue weighted by molar-refractivity contribution is 6.10. The Morgan fingerprint density at radius 2 is 0.976 bits per heavy atom. The Morgan fingerprint density at radius 3 is 1.38 bits per heavy atom. The normalized spacial score (nSPS) is 16.5. The van der Waals surface area contributed by atoms with E-state index in [9.17, 15) is 19.5 Å². The van der Waals surface area contributed by atoms with Crippen molar-refractivity contribution in [2.45, 2.75) is 187 Å². The molecule has 1 aliphatic heterocycles. The average molecular weight is 593 g/mol. The van der Waals surface area contributed by atoms with Crippen LogP contribution in [0.3, 0.4) is 0 Å². The first-order chi connectivity index (χ1) is 20.5. The van der Waals surface area contributed by atoms with E-state index in [2.05, 4.69) is 13.8 Å². The maximum absolute atomic E-state index is 13.6. The summed E-state index contributed by atoms with van der Waals surface area (Å²) in [6.07, 6.45) is 29.5. The number of carboxylic acid groups (broad SMARTS) is 1. The standard InChI is InChI=1S/C35H64N2O5/c1-4-7-9-11-13-15-17-19-21-23-25-27-32(38)35(34(40)41)36(29-30-37(35)42-31-6-3)33(39)28-26-24-22-20-18-16-14-12-10-8-5-2/h29-30H,4-28,31H2,1-3H3,(H,40,41). The Bertz CT molecular complexity index is 756. The molecule has 42 heavy (non-hydrogen) atoms. The quantitative estimate of drug-likeness (QED) is 0.0687. The Labute approximate surface area is 257 Å². The van der Waals surface area contributed by atoms with Crippen LogP contribution in [0.4, 0.5) is 0 Å². The summed E-state index contributed by atoms with van der Waals surface area (Å²) in [5.41, 5.74) is -2.15. The zero-order valence-electron chi connectivity index (χ0n) is 27.5. The Morgan fingerprint density at radius 1 is 0.571 bits per heavy atom. The lowest BCUT2D eigenvalue weighted by Gasteiger charge is -2.38. The van der Waals surface area contributed by atoms with Gasteiger partial charge in [-0.1, -0.05) is 149 Å². The molecule has 1 amide bonds. The number of ketones is 1. The highest BCUT2D eigenvalue weighted by Crippen LogP contribution is 2.33. The number of carbonyl (C=O) groups excluding carboxylic acids is 2. The van der Waals surface area contributed by atoms with Gasteiger partial charge in [0, 0.05) is 25.2 Å². The van der Waals surface area contributed by atoms with Crippen molar-refractivity contribution in [3.63, 3.8) is 0 Å². The van der Waals surface area contributed by atoms with E-state index in [1.807, 2.05) is 6.92 Å². The summed E-state index contributed by atoms with van der Waals surface area (Å²) in [6, 6.07) is 0. The van der Waals surface area contributed by atoms with E-state index in [1.165, 1.54) is 109 Å². The van der Waals surface area contributed by atoms with Crippen LogP contribution in [0.25, 0.3) is 0 Å². The summed E-state index contributed by atoms with van der Waals surface area (Å²) in [4.78, 5) is 46.4. The van der Waals surface area contributed by atoms with Crippen LogP contribution in [-0.2, 0) is 19.2 Å². The van der Waals surface area contributed by atoms with Crippen molar-refractivity contribution >= 4 is 17.7 Å². The van der Waals surface area contributed by atoms with Gasteiger partial charge >= 0.3 is 11.6 Å². The number of nitrogens with zero attached hydrogens (tertiary/aromatic N) is 2. The summed E-state index contributed by atoms with van der Waals surface area (Å²) >= 11 is 0. The molecule has 1 N–H and O–H groups in total. The molecule has 1 rings (SSSR count). The van der Waals surface area contributed by atoms with Crippen molar-refractivity contribution in [3.8, 4) is 0 Å². The van der Waals surface area contributed by atoms with Crippen molar-refractivity contribution < 1.29 is 24.3 Å². The minimum Gasteiger partial charge on any atom is -0.478 e. The van der Waals surface area contributed by atoms with Gasteiger partial charge in [-0.25, -0.2) is 9.86 Å². The highest BCUT2D eigenvalue weighted by atomic mass is 16.7. The zero-order valence-corrected chi connectivity index (χ0v) is 27.5. The minimum atomic E-state index is -2.15. The fourth-order valence-corrected chi connectivity index (χ4v) is 5.80. The molecule has 0 aliphatic carbocycles. The number of hydroxylamine groups is 2. The molecule has 7 heteroatoms. The van der Waals surface area contributed by atoms with Crippen LogP contribution in [0.1, 0.15) is 181 Å². The van der Waals surface area contributed by atoms with Gasteiger partial charge in [0.2, 0.25) is 5.91 Å². The number of amides is 1. The van der Waals surface area contributed by atoms with Gasteiger partial charge in [-0.15, -0.1) is 0 Å². The fourth-order valence-electron chi connectivity index (χ4n) is 5.80. The number of hydrogen-bond donors (Lipinski definition) is 1. The van der Waals surface area contributed by atoms with Gasteiger partial charge in [0.15, 0.2) is 5.78 Å². The molecule has 1 atom stereocenters. The summed E-state index contributed by atoms with van der Waals surface area (Å²) in [5, 5.41) is 11.5. The van der Waals surface area contributed by atoms with Crippen LogP contribution in [0.5, 0.6) is 0 Å². The molecule has 0 saturated carbocycles. The van der Waals surface area contributed by atoms with Gasteiger partial charge in [0.05, 0.1) is 6.61 Å². The maximum Gasteiger partial charge on any atom is 0.361 e. The third-order valence-corrected chi connectivity index (χ3v) is 8.41. The molecule has 7 nitrogen and oxygen atoms in total. The molecule has 0 bridgehead atoms. The highest BCUT2D eigenvalue weighted by Gasteiger charge is 2.59. The molecule has 0 fully saturated rings. The zero-order chi connectivity index (χ0) is 30.9. The molecule has 0 radical (unpaired) electrons. The second-order valence-electron chi connectivity index (χ2n) is 12.2. The first-order valence-corrected chi connectivity index (χ1v) is 17.7. The molecule has 0 aromatic rings. The van der Waals surface area contributed by atoms with Crippen LogP contribution < -0.4 is 0 Å². The smallest absolute Gasteiger partial charge is 0.361 e. The number of aliphatic carboxylic acids is 1. The Balaban J connectivity index is 2.53. The second kappa shape index (κ2) is 24.5. The fraction of sp³-hybridized carbons (Fsp3) is 0.857. The largest absolute Gasteiger partial charge is 0.478 e. The number of rotatable bonds is 29. The summed E-state index contributed by atoms with van der Waals surface area (Å²) < 4.78 is 0. The predicted molar refractivity (Wildman–Crippen MR) is 172 cm³/mol. The van der Waals surface area contributed by atoms with Crippen LogP contribution in [0.15, 0.2) is 12.4 Å². The van der Waals surface area contributed by atoms with E-state index in [4.69, 9.17) is 4.84 Å². The summed E-state index contributed by atoms with van der Waals surface area (Å²) in [7, 11) is 0. The first kappa shape index (κ1) is 38.1. The predicted octanol–water partition coefficient (Wildman–Crippen LogP) is 9.70. The number of carbonyl (C=O) groups is 3. The third kappa shape index (κ3) is 14.1. The van der Waals surface area contributed by atoms with E-state index in [1.54, 1.807) is 0 Å². The van der Waals surface area contributed by atoms with Crippen molar-refractivity contribution in [3.05, 3.63) is 12.4 Å². The number of hydrogen-bond acceptors (Lipinski definition) is 5. The van der Waals surface area contributed by atoms with Gasteiger partial charge in [-0.3, -0.25) is 19.3 Å². The van der Waals surface area contributed by atoms with Crippen molar-refractivity contribution in [2.75, 3.05) is 6.61 Å². The first-order valence-electron chi connectivity index (χ1n) is 17.7. The Hall–Kier alpha value is -1.89. The van der Waals surface area contributed by atoms with Gasteiger partial charge in [0.25, 0.3) is 0 Å².